The van der Waals surface area contributed by atoms with Gasteiger partial charge in [0.25, 0.3) is 0 Å². The zero-order valence-electron chi connectivity index (χ0n) is 12.5. The maximum Gasteiger partial charge on any atom is 0.306 e. The summed E-state index contributed by atoms with van der Waals surface area (Å²) in [6, 6.07) is 8.07. The second-order valence-electron chi connectivity index (χ2n) is 5.97. The lowest BCUT2D eigenvalue weighted by molar-refractivity contribution is -0.155. The molecule has 0 aliphatic carbocycles. The van der Waals surface area contributed by atoms with Crippen LogP contribution in [0.15, 0.2) is 24.3 Å². The monoisotopic (exact) mass is 287 g/mol. The van der Waals surface area contributed by atoms with E-state index in [1.807, 2.05) is 25.1 Å². The highest BCUT2D eigenvalue weighted by Gasteiger charge is 2.43. The van der Waals surface area contributed by atoms with Gasteiger partial charge >= 0.3 is 5.97 Å². The van der Waals surface area contributed by atoms with Crippen molar-refractivity contribution in [3.8, 4) is 0 Å². The topological polar surface area (TPSA) is 62.3 Å². The summed E-state index contributed by atoms with van der Waals surface area (Å²) in [4.78, 5) is 14.9. The maximum atomic E-state index is 11.4. The summed E-state index contributed by atoms with van der Waals surface area (Å²) in [6.45, 7) is 4.08. The van der Waals surface area contributed by atoms with Gasteiger partial charge in [0.05, 0.1) is 12.5 Å². The molecule has 2 atom stereocenters. The Balaban J connectivity index is 2.24. The predicted octanol–water partition coefficient (Wildman–Crippen LogP) is 3.60. The molecule has 2 unspecified atom stereocenters. The van der Waals surface area contributed by atoms with Crippen LogP contribution in [-0.4, -0.2) is 22.2 Å². The number of H-pyrrole nitrogens is 1. The van der Waals surface area contributed by atoms with E-state index in [1.165, 1.54) is 0 Å². The number of nitrogens with one attached hydrogen (secondary N) is 1. The Bertz CT molecular complexity index is 676. The number of rotatable bonds is 4. The third-order valence-corrected chi connectivity index (χ3v) is 4.25. The van der Waals surface area contributed by atoms with Crippen LogP contribution in [0.4, 0.5) is 0 Å². The van der Waals surface area contributed by atoms with E-state index < -0.39 is 11.6 Å². The van der Waals surface area contributed by atoms with E-state index in [4.69, 9.17) is 4.74 Å². The molecule has 0 fully saturated rings. The van der Waals surface area contributed by atoms with Crippen LogP contribution in [0.3, 0.4) is 0 Å². The van der Waals surface area contributed by atoms with Gasteiger partial charge in [-0.1, -0.05) is 31.5 Å². The molecule has 0 radical (unpaired) electrons. The third-order valence-electron chi connectivity index (χ3n) is 4.25. The molecular weight excluding hydrogens is 266 g/mol. The van der Waals surface area contributed by atoms with Crippen LogP contribution in [0.25, 0.3) is 10.9 Å². The lowest BCUT2D eigenvalue weighted by Crippen LogP contribution is -2.40. The third kappa shape index (κ3) is 2.33. The average molecular weight is 287 g/mol. The van der Waals surface area contributed by atoms with Crippen molar-refractivity contribution in [3.63, 3.8) is 0 Å². The summed E-state index contributed by atoms with van der Waals surface area (Å²) in [5.41, 5.74) is 2.53. The van der Waals surface area contributed by atoms with Crippen molar-refractivity contribution in [1.82, 2.24) is 4.98 Å². The van der Waals surface area contributed by atoms with Crippen LogP contribution < -0.4 is 0 Å². The molecule has 112 valence electrons. The summed E-state index contributed by atoms with van der Waals surface area (Å²) in [5, 5.41) is 10.5. The number of hydrogen-bond donors (Lipinski definition) is 2. The first kappa shape index (κ1) is 14.1. The highest BCUT2D eigenvalue weighted by molar-refractivity contribution is 5.86. The van der Waals surface area contributed by atoms with Gasteiger partial charge in [-0.25, -0.2) is 0 Å². The summed E-state index contributed by atoms with van der Waals surface area (Å²) < 4.78 is 6.22. The van der Waals surface area contributed by atoms with Crippen LogP contribution in [-0.2, 0) is 21.6 Å². The molecule has 1 aromatic carbocycles. The van der Waals surface area contributed by atoms with E-state index in [0.717, 1.165) is 41.4 Å². The molecule has 4 nitrogen and oxygen atoms in total. The summed E-state index contributed by atoms with van der Waals surface area (Å²) in [5.74, 6) is -0.811. The SMILES string of the molecule is CCCC1(CC(=O)O)OC(C)Cc2[nH]c3ccccc3c21. The minimum atomic E-state index is -0.811. The van der Waals surface area contributed by atoms with Gasteiger partial charge in [0, 0.05) is 28.6 Å². The maximum absolute atomic E-state index is 11.4. The smallest absolute Gasteiger partial charge is 0.306 e. The van der Waals surface area contributed by atoms with Crippen molar-refractivity contribution in [2.24, 2.45) is 0 Å². The highest BCUT2D eigenvalue weighted by atomic mass is 16.5. The fourth-order valence-corrected chi connectivity index (χ4v) is 3.69. The van der Waals surface area contributed by atoms with Crippen LogP contribution in [0.1, 0.15) is 44.4 Å². The molecule has 1 aliphatic heterocycles. The average Bonchev–Trinajstić information content (AvgIpc) is 2.76. The number of hydrogen-bond acceptors (Lipinski definition) is 2. The molecule has 4 heteroatoms. The summed E-state index contributed by atoms with van der Waals surface area (Å²) in [7, 11) is 0. The minimum absolute atomic E-state index is 0.0139. The summed E-state index contributed by atoms with van der Waals surface area (Å²) >= 11 is 0. The van der Waals surface area contributed by atoms with E-state index in [0.29, 0.717) is 0 Å². The lowest BCUT2D eigenvalue weighted by Gasteiger charge is -2.40. The predicted molar refractivity (Wildman–Crippen MR) is 81.4 cm³/mol. The second kappa shape index (κ2) is 5.19. The van der Waals surface area contributed by atoms with E-state index in [1.54, 1.807) is 0 Å². The van der Waals surface area contributed by atoms with Gasteiger partial charge in [-0.15, -0.1) is 0 Å². The standard InChI is InChI=1S/C17H21NO3/c1-3-8-17(10-15(19)20)16-12-6-4-5-7-13(12)18-14(16)9-11(2)21-17/h4-7,11,18H,3,8-10H2,1-2H3,(H,19,20). The molecule has 2 heterocycles. The van der Waals surface area contributed by atoms with Crippen molar-refractivity contribution < 1.29 is 14.6 Å². The number of fused-ring (bicyclic) bond motifs is 3. The number of aromatic amines is 1. The van der Waals surface area contributed by atoms with Gasteiger partial charge in [0.15, 0.2) is 0 Å². The quantitative estimate of drug-likeness (QED) is 0.903. The molecular formula is C17H21NO3. The largest absolute Gasteiger partial charge is 0.481 e. The van der Waals surface area contributed by atoms with Crippen LogP contribution in [0.5, 0.6) is 0 Å². The first-order valence-corrected chi connectivity index (χ1v) is 7.55. The summed E-state index contributed by atoms with van der Waals surface area (Å²) in [6.07, 6.45) is 2.45. The molecule has 0 amide bonds. The van der Waals surface area contributed by atoms with Gasteiger partial charge in [0.2, 0.25) is 0 Å². The number of carboxylic acids is 1. The molecule has 3 rings (SSSR count). The Morgan fingerprint density at radius 3 is 2.95 bits per heavy atom. The molecule has 1 aromatic heterocycles. The Morgan fingerprint density at radius 1 is 1.48 bits per heavy atom. The molecule has 2 N–H and O–H groups in total. The minimum Gasteiger partial charge on any atom is -0.481 e. The van der Waals surface area contributed by atoms with E-state index in [2.05, 4.69) is 18.0 Å². The van der Waals surface area contributed by atoms with Gasteiger partial charge in [0.1, 0.15) is 5.60 Å². The van der Waals surface area contributed by atoms with Gasteiger partial charge in [-0.05, 0) is 19.4 Å². The fraction of sp³-hybridized carbons (Fsp3) is 0.471. The molecule has 0 spiro atoms. The molecule has 21 heavy (non-hydrogen) atoms. The number of aliphatic carboxylic acids is 1. The Morgan fingerprint density at radius 2 is 2.24 bits per heavy atom. The number of carbonyl (C=O) groups is 1. The second-order valence-corrected chi connectivity index (χ2v) is 5.97. The zero-order valence-corrected chi connectivity index (χ0v) is 12.5. The van der Waals surface area contributed by atoms with Crippen LogP contribution in [0.2, 0.25) is 0 Å². The molecule has 0 bridgehead atoms. The normalized spacial score (nSPS) is 25.0. The molecule has 0 saturated heterocycles. The fourth-order valence-electron chi connectivity index (χ4n) is 3.69. The van der Waals surface area contributed by atoms with Gasteiger partial charge in [-0.2, -0.15) is 0 Å². The zero-order chi connectivity index (χ0) is 15.0. The van der Waals surface area contributed by atoms with E-state index in [9.17, 15) is 9.90 Å². The number of carboxylic acid groups (broad SMARTS) is 1. The lowest BCUT2D eigenvalue weighted by atomic mass is 9.81. The number of ether oxygens (including phenoxy) is 1. The van der Waals surface area contributed by atoms with Gasteiger partial charge in [-0.3, -0.25) is 4.79 Å². The highest BCUT2D eigenvalue weighted by Crippen LogP contribution is 2.45. The first-order valence-electron chi connectivity index (χ1n) is 7.55. The van der Waals surface area contributed by atoms with Crippen molar-refractivity contribution >= 4 is 16.9 Å². The van der Waals surface area contributed by atoms with E-state index in [-0.39, 0.29) is 12.5 Å². The Hall–Kier alpha value is -1.81. The first-order chi connectivity index (χ1) is 10.1. The Labute approximate surface area is 124 Å². The van der Waals surface area contributed by atoms with E-state index >= 15 is 0 Å². The molecule has 0 saturated carbocycles. The molecule has 1 aliphatic rings. The van der Waals surface area contributed by atoms with Crippen molar-refractivity contribution in [2.45, 2.75) is 51.2 Å². The number of benzene rings is 1. The Kier molecular flexibility index (Phi) is 3.49. The van der Waals surface area contributed by atoms with Crippen LogP contribution in [0, 0.1) is 0 Å². The van der Waals surface area contributed by atoms with Gasteiger partial charge < -0.3 is 14.8 Å². The molecule has 2 aromatic rings. The van der Waals surface area contributed by atoms with Crippen molar-refractivity contribution in [2.75, 3.05) is 0 Å². The number of para-hydroxylation sites is 1. The number of aromatic nitrogens is 1. The van der Waals surface area contributed by atoms with Crippen molar-refractivity contribution in [1.29, 1.82) is 0 Å². The van der Waals surface area contributed by atoms with Crippen LogP contribution >= 0.6 is 0 Å². The van der Waals surface area contributed by atoms with Crippen molar-refractivity contribution in [3.05, 3.63) is 35.5 Å².